The second kappa shape index (κ2) is 9.69. The summed E-state index contributed by atoms with van der Waals surface area (Å²) in [5.41, 5.74) is -2.21. The zero-order valence-electron chi connectivity index (χ0n) is 21.8. The highest BCUT2D eigenvalue weighted by atomic mass is 16.5. The Hall–Kier alpha value is -2.19. The molecule has 8 heteroatoms. The first-order chi connectivity index (χ1) is 16.7. The van der Waals surface area contributed by atoms with Gasteiger partial charge in [-0.2, -0.15) is 0 Å². The Labute approximate surface area is 208 Å². The molecule has 2 saturated heterocycles. The maximum atomic E-state index is 14.3. The molecule has 4 aliphatic rings. The van der Waals surface area contributed by atoms with Gasteiger partial charge in [0.1, 0.15) is 11.6 Å². The van der Waals surface area contributed by atoms with Crippen LogP contribution in [0.2, 0.25) is 0 Å². The highest BCUT2D eigenvalue weighted by Crippen LogP contribution is 2.59. The van der Waals surface area contributed by atoms with Crippen LogP contribution >= 0.6 is 0 Å². The maximum absolute atomic E-state index is 14.3. The summed E-state index contributed by atoms with van der Waals surface area (Å²) in [6, 6.07) is -1.46. The Kier molecular flexibility index (Phi) is 7.17. The van der Waals surface area contributed by atoms with E-state index >= 15 is 0 Å². The van der Waals surface area contributed by atoms with E-state index in [4.69, 9.17) is 4.74 Å². The molecule has 35 heavy (non-hydrogen) atoms. The van der Waals surface area contributed by atoms with Crippen LogP contribution < -0.4 is 0 Å². The SMILES string of the molecule is CCCCCN1CC=C[C@]23O[C@]4(CC)C=CCN(C)C(=O)[C@@H]4[C@H]2C(=O)N([C@@H](CO)C(C)C)C3C1=O. The quantitative estimate of drug-likeness (QED) is 0.418. The van der Waals surface area contributed by atoms with Crippen molar-refractivity contribution in [1.29, 1.82) is 0 Å². The smallest absolute Gasteiger partial charge is 0.249 e. The molecular weight excluding hydrogens is 446 g/mol. The summed E-state index contributed by atoms with van der Waals surface area (Å²) in [5, 5.41) is 10.3. The molecule has 4 aliphatic heterocycles. The molecule has 0 radical (unpaired) electrons. The van der Waals surface area contributed by atoms with Crippen LogP contribution in [0.15, 0.2) is 24.3 Å². The van der Waals surface area contributed by atoms with Gasteiger partial charge in [-0.1, -0.05) is 64.8 Å². The van der Waals surface area contributed by atoms with E-state index in [-0.39, 0.29) is 30.2 Å². The number of hydrogen-bond donors (Lipinski definition) is 1. The molecule has 0 aromatic carbocycles. The van der Waals surface area contributed by atoms with Crippen molar-refractivity contribution in [2.75, 3.05) is 33.3 Å². The summed E-state index contributed by atoms with van der Waals surface area (Å²) >= 11 is 0. The van der Waals surface area contributed by atoms with E-state index in [1.54, 1.807) is 16.8 Å². The molecule has 0 aromatic heterocycles. The average molecular weight is 488 g/mol. The van der Waals surface area contributed by atoms with E-state index in [0.29, 0.717) is 26.1 Å². The standard InChI is InChI=1S/C27H41N3O5/c1-6-8-9-15-29-16-11-13-27-21(20-23(32)28(5)14-10-12-26(20,7-2)35-27)24(33)30(22(27)25(29)34)19(17-31)18(3)4/h10-13,18-22,31H,6-9,14-17H2,1-5H3/t19-,20-,21-,22?,26+,27-/m0/s1. The van der Waals surface area contributed by atoms with Crippen LogP contribution in [0.5, 0.6) is 0 Å². The van der Waals surface area contributed by atoms with Crippen LogP contribution in [0.3, 0.4) is 0 Å². The Morgan fingerprint density at radius 1 is 1.03 bits per heavy atom. The van der Waals surface area contributed by atoms with Crippen LogP contribution in [-0.4, -0.2) is 94.1 Å². The molecule has 4 heterocycles. The number of fused-ring (bicyclic) bond motifs is 2. The van der Waals surface area contributed by atoms with E-state index in [0.717, 1.165) is 19.3 Å². The number of ether oxygens (including phenoxy) is 1. The van der Waals surface area contributed by atoms with Crippen molar-refractivity contribution in [3.05, 3.63) is 24.3 Å². The summed E-state index contributed by atoms with van der Waals surface area (Å²) in [6.07, 6.45) is 11.2. The fourth-order valence-electron chi connectivity index (χ4n) is 6.60. The summed E-state index contributed by atoms with van der Waals surface area (Å²) in [6.45, 7) is 9.21. The first kappa shape index (κ1) is 25.9. The van der Waals surface area contributed by atoms with Crippen LogP contribution in [0.1, 0.15) is 53.4 Å². The van der Waals surface area contributed by atoms with Crippen molar-refractivity contribution < 1.29 is 24.2 Å². The molecule has 2 fully saturated rings. The van der Waals surface area contributed by atoms with E-state index in [1.165, 1.54) is 0 Å². The van der Waals surface area contributed by atoms with Crippen molar-refractivity contribution in [3.63, 3.8) is 0 Å². The molecule has 3 amide bonds. The Morgan fingerprint density at radius 3 is 2.37 bits per heavy atom. The van der Waals surface area contributed by atoms with Crippen molar-refractivity contribution in [1.82, 2.24) is 14.7 Å². The lowest BCUT2D eigenvalue weighted by Crippen LogP contribution is -2.59. The number of likely N-dealkylation sites (tertiary alicyclic amines) is 1. The second-order valence-corrected chi connectivity index (χ2v) is 10.9. The predicted molar refractivity (Wildman–Crippen MR) is 132 cm³/mol. The lowest BCUT2D eigenvalue weighted by molar-refractivity contribution is -0.158. The van der Waals surface area contributed by atoms with E-state index in [2.05, 4.69) is 6.92 Å². The topological polar surface area (TPSA) is 90.4 Å². The Bertz CT molecular complexity index is 916. The minimum absolute atomic E-state index is 0.0725. The van der Waals surface area contributed by atoms with Gasteiger partial charge in [-0.25, -0.2) is 0 Å². The molecular formula is C27H41N3O5. The third-order valence-corrected chi connectivity index (χ3v) is 8.51. The molecule has 194 valence electrons. The molecule has 1 spiro atoms. The van der Waals surface area contributed by atoms with Crippen LogP contribution in [0, 0.1) is 17.8 Å². The minimum atomic E-state index is -1.26. The first-order valence-corrected chi connectivity index (χ1v) is 13.2. The average Bonchev–Trinajstić information content (AvgIpc) is 3.13. The van der Waals surface area contributed by atoms with Gasteiger partial charge in [0, 0.05) is 26.7 Å². The molecule has 1 unspecified atom stereocenters. The lowest BCUT2D eigenvalue weighted by Gasteiger charge is -2.41. The minimum Gasteiger partial charge on any atom is -0.394 e. The zero-order valence-corrected chi connectivity index (χ0v) is 21.8. The molecule has 0 aromatic rings. The van der Waals surface area contributed by atoms with Gasteiger partial charge < -0.3 is 24.5 Å². The lowest BCUT2D eigenvalue weighted by atomic mass is 9.73. The number of amides is 3. The van der Waals surface area contributed by atoms with Gasteiger partial charge in [0.25, 0.3) is 0 Å². The summed E-state index contributed by atoms with van der Waals surface area (Å²) in [4.78, 5) is 47.2. The molecule has 6 atom stereocenters. The number of likely N-dealkylation sites (N-methyl/N-ethyl adjacent to an activating group) is 1. The summed E-state index contributed by atoms with van der Waals surface area (Å²) < 4.78 is 6.90. The molecule has 0 aliphatic carbocycles. The van der Waals surface area contributed by atoms with Gasteiger partial charge in [0.15, 0.2) is 0 Å². The van der Waals surface area contributed by atoms with Crippen molar-refractivity contribution in [2.45, 2.75) is 76.7 Å². The van der Waals surface area contributed by atoms with Crippen LogP contribution in [0.4, 0.5) is 0 Å². The van der Waals surface area contributed by atoms with Crippen molar-refractivity contribution >= 4 is 17.7 Å². The van der Waals surface area contributed by atoms with E-state index in [9.17, 15) is 19.5 Å². The summed E-state index contributed by atoms with van der Waals surface area (Å²) in [7, 11) is 1.74. The van der Waals surface area contributed by atoms with Crippen molar-refractivity contribution in [2.24, 2.45) is 17.8 Å². The highest BCUT2D eigenvalue weighted by molar-refractivity contribution is 6.00. The molecule has 4 rings (SSSR count). The van der Waals surface area contributed by atoms with Gasteiger partial charge in [0.05, 0.1) is 30.1 Å². The fraction of sp³-hybridized carbons (Fsp3) is 0.741. The normalized spacial score (nSPS) is 35.3. The number of rotatable bonds is 8. The molecule has 0 bridgehead atoms. The Balaban J connectivity index is 1.87. The number of carbonyl (C=O) groups excluding carboxylic acids is 3. The van der Waals surface area contributed by atoms with Crippen molar-refractivity contribution in [3.8, 4) is 0 Å². The highest BCUT2D eigenvalue weighted by Gasteiger charge is 2.75. The van der Waals surface area contributed by atoms with E-state index in [1.807, 2.05) is 50.0 Å². The van der Waals surface area contributed by atoms with Gasteiger partial charge in [-0.3, -0.25) is 14.4 Å². The maximum Gasteiger partial charge on any atom is 0.249 e. The van der Waals surface area contributed by atoms with Crippen LogP contribution in [-0.2, 0) is 19.1 Å². The molecule has 8 nitrogen and oxygen atoms in total. The third kappa shape index (κ3) is 3.84. The number of aliphatic hydroxyl groups excluding tert-OH is 1. The van der Waals surface area contributed by atoms with E-state index < -0.39 is 35.1 Å². The van der Waals surface area contributed by atoms with Gasteiger partial charge in [0.2, 0.25) is 17.7 Å². The summed E-state index contributed by atoms with van der Waals surface area (Å²) in [5.74, 6) is -2.19. The van der Waals surface area contributed by atoms with Gasteiger partial charge in [-0.15, -0.1) is 0 Å². The zero-order chi connectivity index (χ0) is 25.5. The van der Waals surface area contributed by atoms with Gasteiger partial charge in [-0.05, 0) is 18.8 Å². The number of carbonyl (C=O) groups is 3. The van der Waals surface area contributed by atoms with Gasteiger partial charge >= 0.3 is 0 Å². The Morgan fingerprint density at radius 2 is 1.74 bits per heavy atom. The number of aliphatic hydroxyl groups is 1. The molecule has 1 N–H and O–H groups in total. The third-order valence-electron chi connectivity index (χ3n) is 8.51. The van der Waals surface area contributed by atoms with Crippen LogP contribution in [0.25, 0.3) is 0 Å². The largest absolute Gasteiger partial charge is 0.394 e. The molecule has 0 saturated carbocycles. The fourth-order valence-corrected chi connectivity index (χ4v) is 6.60. The first-order valence-electron chi connectivity index (χ1n) is 13.2. The number of hydrogen-bond acceptors (Lipinski definition) is 5. The predicted octanol–water partition coefficient (Wildman–Crippen LogP) is 1.98. The monoisotopic (exact) mass is 487 g/mol. The number of unbranched alkanes of at least 4 members (excludes halogenated alkanes) is 2. The second-order valence-electron chi connectivity index (χ2n) is 10.9. The number of nitrogens with zero attached hydrogens (tertiary/aromatic N) is 3.